The summed E-state index contributed by atoms with van der Waals surface area (Å²) in [5.41, 5.74) is 1.76. The Morgan fingerprint density at radius 3 is 2.20 bits per heavy atom. The van der Waals surface area contributed by atoms with Crippen molar-refractivity contribution in [3.8, 4) is 11.5 Å². The summed E-state index contributed by atoms with van der Waals surface area (Å²) < 4.78 is 5.89. The molecule has 0 heterocycles. The lowest BCUT2D eigenvalue weighted by atomic mass is 10.1. The average molecular weight is 587 g/mol. The van der Waals surface area contributed by atoms with Crippen LogP contribution in [0.15, 0.2) is 115 Å². The fourth-order valence-electron chi connectivity index (χ4n) is 3.69. The van der Waals surface area contributed by atoms with E-state index in [1.807, 2.05) is 60.7 Å². The van der Waals surface area contributed by atoms with Gasteiger partial charge in [0.25, 0.3) is 11.8 Å². The Balaban J connectivity index is 1.54. The molecule has 0 radical (unpaired) electrons. The van der Waals surface area contributed by atoms with Crippen molar-refractivity contribution in [2.75, 3.05) is 5.75 Å². The van der Waals surface area contributed by atoms with Gasteiger partial charge in [0, 0.05) is 22.1 Å². The van der Waals surface area contributed by atoms with E-state index < -0.39 is 23.8 Å². The second kappa shape index (κ2) is 14.7. The summed E-state index contributed by atoms with van der Waals surface area (Å²) in [7, 11) is 0. The molecule has 9 heteroatoms. The van der Waals surface area contributed by atoms with Crippen molar-refractivity contribution < 1.29 is 24.2 Å². The number of carboxylic acid groups (broad SMARTS) is 1. The molecule has 0 saturated carbocycles. The topological polar surface area (TPSA) is 105 Å². The smallest absolute Gasteiger partial charge is 0.327 e. The highest BCUT2D eigenvalue weighted by molar-refractivity contribution is 7.98. The molecule has 0 aliphatic rings. The summed E-state index contributed by atoms with van der Waals surface area (Å²) in [5.74, 6) is -0.589. The number of hydrogen-bond donors (Lipinski definition) is 3. The number of thioether (sulfide) groups is 1. The lowest BCUT2D eigenvalue weighted by Crippen LogP contribution is -2.45. The monoisotopic (exact) mass is 586 g/mol. The highest BCUT2D eigenvalue weighted by atomic mass is 35.5. The molecule has 0 bridgehead atoms. The molecule has 4 aromatic carbocycles. The van der Waals surface area contributed by atoms with E-state index >= 15 is 0 Å². The highest BCUT2D eigenvalue weighted by Gasteiger charge is 2.23. The van der Waals surface area contributed by atoms with Gasteiger partial charge in [0.1, 0.15) is 23.2 Å². The van der Waals surface area contributed by atoms with Gasteiger partial charge in [0.05, 0.1) is 0 Å². The Morgan fingerprint density at radius 2 is 1.51 bits per heavy atom. The number of aliphatic carboxylic acids is 1. The maximum atomic E-state index is 13.4. The van der Waals surface area contributed by atoms with Crippen LogP contribution in [-0.2, 0) is 15.3 Å². The van der Waals surface area contributed by atoms with E-state index in [4.69, 9.17) is 16.3 Å². The Bertz CT molecular complexity index is 1510. The van der Waals surface area contributed by atoms with Gasteiger partial charge in [-0.25, -0.2) is 4.79 Å². The minimum absolute atomic E-state index is 0.124. The summed E-state index contributed by atoms with van der Waals surface area (Å²) in [6.45, 7) is 0. The molecule has 208 valence electrons. The molecule has 0 fully saturated rings. The van der Waals surface area contributed by atoms with E-state index in [1.165, 1.54) is 30.0 Å². The Morgan fingerprint density at radius 1 is 0.854 bits per heavy atom. The van der Waals surface area contributed by atoms with Gasteiger partial charge in [-0.1, -0.05) is 72.3 Å². The first kappa shape index (κ1) is 29.5. The molecule has 2 amide bonds. The molecular weight excluding hydrogens is 560 g/mol. The number of amides is 2. The van der Waals surface area contributed by atoms with Crippen LogP contribution in [-0.4, -0.2) is 34.7 Å². The number of carbonyl (C=O) groups excluding carboxylic acids is 2. The van der Waals surface area contributed by atoms with Crippen molar-refractivity contribution in [1.82, 2.24) is 10.6 Å². The third-order valence-corrected chi connectivity index (χ3v) is 7.11. The largest absolute Gasteiger partial charge is 0.480 e. The van der Waals surface area contributed by atoms with Gasteiger partial charge in [-0.05, 0) is 65.7 Å². The van der Waals surface area contributed by atoms with E-state index in [0.29, 0.717) is 27.8 Å². The maximum Gasteiger partial charge on any atom is 0.327 e. The van der Waals surface area contributed by atoms with Gasteiger partial charge in [0.2, 0.25) is 0 Å². The highest BCUT2D eigenvalue weighted by Crippen LogP contribution is 2.23. The van der Waals surface area contributed by atoms with Crippen molar-refractivity contribution in [2.24, 2.45) is 0 Å². The third kappa shape index (κ3) is 9.27. The fourth-order valence-corrected chi connectivity index (χ4v) is 4.83. The first-order valence-electron chi connectivity index (χ1n) is 12.6. The normalized spacial score (nSPS) is 11.8. The molecule has 0 saturated heterocycles. The van der Waals surface area contributed by atoms with Crippen LogP contribution in [0.5, 0.6) is 11.5 Å². The van der Waals surface area contributed by atoms with Crippen LogP contribution in [0, 0.1) is 0 Å². The zero-order chi connectivity index (χ0) is 29.0. The summed E-state index contributed by atoms with van der Waals surface area (Å²) in [4.78, 5) is 38.4. The first-order valence-corrected chi connectivity index (χ1v) is 14.2. The Hall–Kier alpha value is -4.53. The Labute approximate surface area is 247 Å². The number of ether oxygens (including phenoxy) is 1. The van der Waals surface area contributed by atoms with Crippen LogP contribution in [0.4, 0.5) is 0 Å². The zero-order valence-corrected chi connectivity index (χ0v) is 23.4. The van der Waals surface area contributed by atoms with E-state index in [9.17, 15) is 19.5 Å². The van der Waals surface area contributed by atoms with Gasteiger partial charge in [-0.15, -0.1) is 0 Å². The quantitative estimate of drug-likeness (QED) is 0.166. The molecule has 0 aromatic heterocycles. The molecule has 0 aliphatic carbocycles. The second-order valence-electron chi connectivity index (χ2n) is 8.87. The number of benzene rings is 4. The lowest BCUT2D eigenvalue weighted by Gasteiger charge is -2.17. The number of rotatable bonds is 12. The fraction of sp³-hybridized carbons (Fsp3) is 0.0938. The van der Waals surface area contributed by atoms with Gasteiger partial charge in [0.15, 0.2) is 0 Å². The van der Waals surface area contributed by atoms with Crippen molar-refractivity contribution in [3.63, 3.8) is 0 Å². The van der Waals surface area contributed by atoms with Crippen LogP contribution in [0.25, 0.3) is 6.08 Å². The van der Waals surface area contributed by atoms with Crippen molar-refractivity contribution in [1.29, 1.82) is 0 Å². The summed E-state index contributed by atoms with van der Waals surface area (Å²) >= 11 is 7.33. The number of halogens is 1. The molecule has 4 rings (SSSR count). The molecule has 0 spiro atoms. The van der Waals surface area contributed by atoms with Gasteiger partial charge in [-0.3, -0.25) is 9.59 Å². The summed E-state index contributed by atoms with van der Waals surface area (Å²) in [6, 6.07) is 30.8. The molecule has 0 unspecified atom stereocenters. The molecule has 3 N–H and O–H groups in total. The first-order chi connectivity index (χ1) is 19.9. The zero-order valence-electron chi connectivity index (χ0n) is 21.8. The summed E-state index contributed by atoms with van der Waals surface area (Å²) in [5, 5.41) is 15.4. The predicted molar refractivity (Wildman–Crippen MR) is 162 cm³/mol. The van der Waals surface area contributed by atoms with Crippen molar-refractivity contribution >= 4 is 47.2 Å². The van der Waals surface area contributed by atoms with E-state index in [0.717, 1.165) is 5.56 Å². The third-order valence-electron chi connectivity index (χ3n) is 5.75. The number of carboxylic acids is 1. The van der Waals surface area contributed by atoms with Gasteiger partial charge in [-0.2, -0.15) is 11.8 Å². The molecule has 7 nitrogen and oxygen atoms in total. The number of hydrogen-bond acceptors (Lipinski definition) is 5. The minimum atomic E-state index is -1.18. The van der Waals surface area contributed by atoms with Gasteiger partial charge >= 0.3 is 5.97 Å². The van der Waals surface area contributed by atoms with Crippen LogP contribution in [0.3, 0.4) is 0 Å². The van der Waals surface area contributed by atoms with Crippen LogP contribution >= 0.6 is 23.4 Å². The number of nitrogens with one attached hydrogen (secondary N) is 2. The number of para-hydroxylation sites is 1. The van der Waals surface area contributed by atoms with Crippen LogP contribution < -0.4 is 15.4 Å². The Kier molecular flexibility index (Phi) is 10.6. The lowest BCUT2D eigenvalue weighted by molar-refractivity contribution is -0.140. The standard InChI is InChI=1S/C32H27ClN2O5S/c33-25-16-14-24(15-17-25)30(36)34-28(19-23-10-7-13-27(18-23)40-26-11-5-2-6-12-26)31(37)35-29(32(38)39)21-41-20-22-8-3-1-4-9-22/h1-19,29H,20-21H2,(H,34,36)(H,35,37)(H,38,39)/b28-19+/t29-/m0/s1. The molecule has 41 heavy (non-hydrogen) atoms. The van der Waals surface area contributed by atoms with Crippen molar-refractivity contribution in [3.05, 3.63) is 137 Å². The molecular formula is C32H27ClN2O5S. The molecule has 0 aliphatic heterocycles. The summed E-state index contributed by atoms with van der Waals surface area (Å²) in [6.07, 6.45) is 1.47. The van der Waals surface area contributed by atoms with Crippen LogP contribution in [0.2, 0.25) is 5.02 Å². The van der Waals surface area contributed by atoms with E-state index in [-0.39, 0.29) is 17.0 Å². The van der Waals surface area contributed by atoms with Gasteiger partial charge < -0.3 is 20.5 Å². The molecule has 1 atom stereocenters. The van der Waals surface area contributed by atoms with Crippen LogP contribution in [0.1, 0.15) is 21.5 Å². The maximum absolute atomic E-state index is 13.4. The number of carbonyl (C=O) groups is 3. The second-order valence-corrected chi connectivity index (χ2v) is 10.3. The predicted octanol–water partition coefficient (Wildman–Crippen LogP) is 6.41. The minimum Gasteiger partial charge on any atom is -0.480 e. The average Bonchev–Trinajstić information content (AvgIpc) is 2.97. The molecule has 4 aromatic rings. The van der Waals surface area contributed by atoms with E-state index in [1.54, 1.807) is 36.4 Å². The van der Waals surface area contributed by atoms with E-state index in [2.05, 4.69) is 10.6 Å². The van der Waals surface area contributed by atoms with Crippen molar-refractivity contribution in [2.45, 2.75) is 11.8 Å². The SMILES string of the molecule is O=C(N[C@@H](CSCc1ccccc1)C(=O)O)/C(=C\c1cccc(Oc2ccccc2)c1)NC(=O)c1ccc(Cl)cc1.